The lowest BCUT2D eigenvalue weighted by Gasteiger charge is -2.06. The SMILES string of the molecule is CCn1cc(-c2cc(C(=O)O)c3ccc(Br)cc3n2)cn1. The number of carbonyl (C=O) groups is 1. The van der Waals surface area contributed by atoms with Gasteiger partial charge < -0.3 is 5.11 Å². The molecule has 21 heavy (non-hydrogen) atoms. The van der Waals surface area contributed by atoms with Crippen LogP contribution in [-0.4, -0.2) is 25.8 Å². The first-order valence-electron chi connectivity index (χ1n) is 6.45. The van der Waals surface area contributed by atoms with Crippen LogP contribution in [0.3, 0.4) is 0 Å². The third-order valence-corrected chi connectivity index (χ3v) is 3.75. The summed E-state index contributed by atoms with van der Waals surface area (Å²) < 4.78 is 2.64. The lowest BCUT2D eigenvalue weighted by Crippen LogP contribution is -2.00. The van der Waals surface area contributed by atoms with Crippen LogP contribution in [0.2, 0.25) is 0 Å². The first kappa shape index (κ1) is 13.8. The lowest BCUT2D eigenvalue weighted by atomic mass is 10.1. The number of aromatic nitrogens is 3. The molecule has 3 aromatic rings. The van der Waals surface area contributed by atoms with Gasteiger partial charge in [0.25, 0.3) is 0 Å². The van der Waals surface area contributed by atoms with Gasteiger partial charge in [-0.25, -0.2) is 9.78 Å². The summed E-state index contributed by atoms with van der Waals surface area (Å²) in [5.41, 5.74) is 2.30. The molecule has 0 fully saturated rings. The highest BCUT2D eigenvalue weighted by molar-refractivity contribution is 9.10. The van der Waals surface area contributed by atoms with E-state index < -0.39 is 5.97 Å². The molecule has 5 nitrogen and oxygen atoms in total. The van der Waals surface area contributed by atoms with Crippen LogP contribution in [0, 0.1) is 0 Å². The van der Waals surface area contributed by atoms with Gasteiger partial charge in [-0.05, 0) is 25.1 Å². The number of carboxylic acid groups (broad SMARTS) is 1. The van der Waals surface area contributed by atoms with Crippen molar-refractivity contribution in [3.63, 3.8) is 0 Å². The summed E-state index contributed by atoms with van der Waals surface area (Å²) in [7, 11) is 0. The van der Waals surface area contributed by atoms with E-state index in [2.05, 4.69) is 26.0 Å². The normalized spacial score (nSPS) is 11.0. The van der Waals surface area contributed by atoms with E-state index in [-0.39, 0.29) is 5.56 Å². The van der Waals surface area contributed by atoms with E-state index in [9.17, 15) is 9.90 Å². The van der Waals surface area contributed by atoms with Crippen LogP contribution >= 0.6 is 15.9 Å². The quantitative estimate of drug-likeness (QED) is 0.787. The Labute approximate surface area is 129 Å². The van der Waals surface area contributed by atoms with Gasteiger partial charge in [0.15, 0.2) is 0 Å². The lowest BCUT2D eigenvalue weighted by molar-refractivity contribution is 0.0699. The molecule has 0 saturated carbocycles. The number of halogens is 1. The second kappa shape index (κ2) is 5.29. The molecule has 0 aliphatic rings. The van der Waals surface area contributed by atoms with E-state index in [4.69, 9.17) is 0 Å². The topological polar surface area (TPSA) is 68.0 Å². The fraction of sp³-hybridized carbons (Fsp3) is 0.133. The van der Waals surface area contributed by atoms with Crippen LogP contribution in [0.25, 0.3) is 22.2 Å². The highest BCUT2D eigenvalue weighted by atomic mass is 79.9. The number of nitrogens with zero attached hydrogens (tertiary/aromatic N) is 3. The maximum atomic E-state index is 11.5. The number of pyridine rings is 1. The zero-order valence-corrected chi connectivity index (χ0v) is 12.8. The fourth-order valence-electron chi connectivity index (χ4n) is 2.20. The third kappa shape index (κ3) is 2.54. The van der Waals surface area contributed by atoms with Crippen LogP contribution in [0.4, 0.5) is 0 Å². The molecule has 2 aromatic heterocycles. The Balaban J connectivity index is 2.26. The molecule has 3 rings (SSSR count). The van der Waals surface area contributed by atoms with E-state index in [1.54, 1.807) is 23.0 Å². The molecule has 1 N–H and O–H groups in total. The van der Waals surface area contributed by atoms with Crippen LogP contribution in [-0.2, 0) is 6.54 Å². The highest BCUT2D eigenvalue weighted by Crippen LogP contribution is 2.26. The molecule has 0 aliphatic carbocycles. The van der Waals surface area contributed by atoms with Crippen molar-refractivity contribution in [3.05, 3.63) is 46.7 Å². The molecule has 2 heterocycles. The number of carboxylic acids is 1. The van der Waals surface area contributed by atoms with Crippen LogP contribution in [0.1, 0.15) is 17.3 Å². The van der Waals surface area contributed by atoms with Crippen molar-refractivity contribution in [3.8, 4) is 11.3 Å². The summed E-state index contributed by atoms with van der Waals surface area (Å²) in [6, 6.07) is 6.98. The summed E-state index contributed by atoms with van der Waals surface area (Å²) in [6.45, 7) is 2.75. The van der Waals surface area contributed by atoms with Crippen LogP contribution in [0.5, 0.6) is 0 Å². The van der Waals surface area contributed by atoms with Gasteiger partial charge in [0.1, 0.15) is 0 Å². The second-order valence-corrected chi connectivity index (χ2v) is 5.52. The number of benzene rings is 1. The number of rotatable bonds is 3. The fourth-order valence-corrected chi connectivity index (χ4v) is 2.54. The molecule has 106 valence electrons. The van der Waals surface area contributed by atoms with E-state index in [0.717, 1.165) is 16.6 Å². The summed E-state index contributed by atoms with van der Waals surface area (Å²) in [4.78, 5) is 16.0. The van der Waals surface area contributed by atoms with Crippen molar-refractivity contribution >= 4 is 32.8 Å². The monoisotopic (exact) mass is 345 g/mol. The van der Waals surface area contributed by atoms with Gasteiger partial charge in [0, 0.05) is 28.2 Å². The summed E-state index contributed by atoms with van der Waals surface area (Å²) in [5.74, 6) is -0.964. The Hall–Kier alpha value is -2.21. The molecule has 0 saturated heterocycles. The van der Waals surface area contributed by atoms with Crippen molar-refractivity contribution in [2.75, 3.05) is 0 Å². The molecule has 0 radical (unpaired) electrons. The number of hydrogen-bond acceptors (Lipinski definition) is 3. The number of aryl methyl sites for hydroxylation is 1. The Morgan fingerprint density at radius 1 is 1.38 bits per heavy atom. The average Bonchev–Trinajstić information content (AvgIpc) is 2.94. The molecule has 0 unspecified atom stereocenters. The van der Waals surface area contributed by atoms with Gasteiger partial charge in [-0.15, -0.1) is 0 Å². The molecular weight excluding hydrogens is 334 g/mol. The van der Waals surface area contributed by atoms with Crippen LogP contribution < -0.4 is 0 Å². The molecule has 6 heteroatoms. The second-order valence-electron chi connectivity index (χ2n) is 4.61. The van der Waals surface area contributed by atoms with Gasteiger partial charge in [-0.3, -0.25) is 4.68 Å². The molecular formula is C15H12BrN3O2. The Morgan fingerprint density at radius 3 is 2.86 bits per heavy atom. The average molecular weight is 346 g/mol. The van der Waals surface area contributed by atoms with E-state index in [0.29, 0.717) is 16.6 Å². The van der Waals surface area contributed by atoms with Crippen molar-refractivity contribution < 1.29 is 9.90 Å². The minimum absolute atomic E-state index is 0.242. The standard InChI is InChI=1S/C15H12BrN3O2/c1-2-19-8-9(7-17-19)13-6-12(15(20)21)11-4-3-10(16)5-14(11)18-13/h3-8H,2H2,1H3,(H,20,21). The molecule has 1 aromatic carbocycles. The Morgan fingerprint density at radius 2 is 2.19 bits per heavy atom. The van der Waals surface area contributed by atoms with E-state index >= 15 is 0 Å². The third-order valence-electron chi connectivity index (χ3n) is 3.26. The molecule has 0 amide bonds. The molecule has 0 bridgehead atoms. The Bertz CT molecular complexity index is 842. The molecule has 0 atom stereocenters. The number of aromatic carboxylic acids is 1. The van der Waals surface area contributed by atoms with Crippen molar-refractivity contribution in [1.29, 1.82) is 0 Å². The van der Waals surface area contributed by atoms with Gasteiger partial charge >= 0.3 is 5.97 Å². The largest absolute Gasteiger partial charge is 0.478 e. The van der Waals surface area contributed by atoms with Gasteiger partial charge in [0.05, 0.1) is 23.0 Å². The van der Waals surface area contributed by atoms with Crippen molar-refractivity contribution in [1.82, 2.24) is 14.8 Å². The van der Waals surface area contributed by atoms with E-state index in [1.165, 1.54) is 0 Å². The minimum Gasteiger partial charge on any atom is -0.478 e. The van der Waals surface area contributed by atoms with Gasteiger partial charge in [-0.1, -0.05) is 22.0 Å². The van der Waals surface area contributed by atoms with Gasteiger partial charge in [0.2, 0.25) is 0 Å². The van der Waals surface area contributed by atoms with E-state index in [1.807, 2.05) is 25.3 Å². The summed E-state index contributed by atoms with van der Waals surface area (Å²) in [6.07, 6.45) is 3.55. The summed E-state index contributed by atoms with van der Waals surface area (Å²) >= 11 is 3.39. The maximum Gasteiger partial charge on any atom is 0.336 e. The number of fused-ring (bicyclic) bond motifs is 1. The predicted octanol–water partition coefficient (Wildman–Crippen LogP) is 3.58. The van der Waals surface area contributed by atoms with Gasteiger partial charge in [-0.2, -0.15) is 5.10 Å². The smallest absolute Gasteiger partial charge is 0.336 e. The zero-order chi connectivity index (χ0) is 15.0. The number of hydrogen-bond donors (Lipinski definition) is 1. The van der Waals surface area contributed by atoms with Crippen molar-refractivity contribution in [2.45, 2.75) is 13.5 Å². The zero-order valence-electron chi connectivity index (χ0n) is 11.2. The summed E-state index contributed by atoms with van der Waals surface area (Å²) in [5, 5.41) is 14.2. The predicted molar refractivity (Wildman–Crippen MR) is 83.3 cm³/mol. The molecule has 0 spiro atoms. The highest BCUT2D eigenvalue weighted by Gasteiger charge is 2.14. The maximum absolute atomic E-state index is 11.5. The van der Waals surface area contributed by atoms with Crippen molar-refractivity contribution in [2.24, 2.45) is 0 Å². The minimum atomic E-state index is -0.964. The molecule has 0 aliphatic heterocycles. The first-order chi connectivity index (χ1) is 10.1. The Kier molecular flexibility index (Phi) is 3.47. The van der Waals surface area contributed by atoms with Crippen LogP contribution in [0.15, 0.2) is 41.1 Å². The first-order valence-corrected chi connectivity index (χ1v) is 7.24.